The maximum Gasteiger partial charge on any atom is 0.326 e. The van der Waals surface area contributed by atoms with Gasteiger partial charge in [-0.05, 0) is 37.7 Å². The molecule has 0 spiro atoms. The first kappa shape index (κ1) is 29.6. The third-order valence-electron chi connectivity index (χ3n) is 4.37. The van der Waals surface area contributed by atoms with E-state index in [-0.39, 0.29) is 12.3 Å². The Morgan fingerprint density at radius 2 is 1.47 bits per heavy atom. The number of carbonyl (C=O) groups excluding carboxylic acids is 3. The number of nitrogens with one attached hydrogen (secondary N) is 3. The molecule has 8 N–H and O–H groups in total. The van der Waals surface area contributed by atoms with Crippen LogP contribution in [0.4, 0.5) is 0 Å². The van der Waals surface area contributed by atoms with Crippen LogP contribution in [0.2, 0.25) is 0 Å². The standard InChI is InChI=1S/C19H34N4O8S/c1-9(2)7-12(21-16(27)11(20)5-6-32-4)17(28)23-15(10(3)24)18(29)22-13(19(30)31)8-14(25)26/h9-13,15,24H,5-8,20H2,1-4H3,(H,21,27)(H,22,29)(H,23,28)(H,25,26)(H,30,31). The lowest BCUT2D eigenvalue weighted by molar-refractivity contribution is -0.148. The van der Waals surface area contributed by atoms with Crippen molar-refractivity contribution in [2.45, 2.75) is 70.3 Å². The van der Waals surface area contributed by atoms with Crippen LogP contribution in [0, 0.1) is 5.92 Å². The molecular weight excluding hydrogens is 444 g/mol. The summed E-state index contributed by atoms with van der Waals surface area (Å²) in [5, 5.41) is 34.7. The molecule has 3 amide bonds. The highest BCUT2D eigenvalue weighted by molar-refractivity contribution is 7.98. The molecule has 0 heterocycles. The Hall–Kier alpha value is -2.38. The summed E-state index contributed by atoms with van der Waals surface area (Å²) >= 11 is 1.52. The van der Waals surface area contributed by atoms with Crippen LogP contribution in [0.15, 0.2) is 0 Å². The van der Waals surface area contributed by atoms with Gasteiger partial charge in [-0.25, -0.2) is 4.79 Å². The van der Waals surface area contributed by atoms with Crippen LogP contribution in [0.5, 0.6) is 0 Å². The Labute approximate surface area is 191 Å². The molecule has 0 aromatic carbocycles. The highest BCUT2D eigenvalue weighted by Crippen LogP contribution is 2.08. The van der Waals surface area contributed by atoms with Gasteiger partial charge in [0.25, 0.3) is 0 Å². The van der Waals surface area contributed by atoms with Crippen molar-refractivity contribution in [2.24, 2.45) is 11.7 Å². The zero-order valence-electron chi connectivity index (χ0n) is 18.7. The maximum atomic E-state index is 12.8. The van der Waals surface area contributed by atoms with Crippen LogP contribution in [0.25, 0.3) is 0 Å². The average molecular weight is 479 g/mol. The number of hydrogen-bond donors (Lipinski definition) is 7. The van der Waals surface area contributed by atoms with Crippen molar-refractivity contribution in [3.63, 3.8) is 0 Å². The van der Waals surface area contributed by atoms with Gasteiger partial charge in [0.1, 0.15) is 18.1 Å². The summed E-state index contributed by atoms with van der Waals surface area (Å²) in [6, 6.07) is -5.20. The van der Waals surface area contributed by atoms with Gasteiger partial charge < -0.3 is 37.0 Å². The lowest BCUT2D eigenvalue weighted by atomic mass is 10.0. The second-order valence-electron chi connectivity index (χ2n) is 7.80. The smallest absolute Gasteiger partial charge is 0.326 e. The second kappa shape index (κ2) is 14.6. The third kappa shape index (κ3) is 11.3. The number of nitrogens with two attached hydrogens (primary N) is 1. The van der Waals surface area contributed by atoms with Crippen molar-refractivity contribution in [2.75, 3.05) is 12.0 Å². The number of rotatable bonds is 15. The molecule has 32 heavy (non-hydrogen) atoms. The molecule has 13 heteroatoms. The Morgan fingerprint density at radius 3 is 1.91 bits per heavy atom. The van der Waals surface area contributed by atoms with E-state index in [1.54, 1.807) is 0 Å². The normalized spacial score (nSPS) is 15.7. The van der Waals surface area contributed by atoms with Gasteiger partial charge in [-0.1, -0.05) is 13.8 Å². The first-order chi connectivity index (χ1) is 14.8. The van der Waals surface area contributed by atoms with Gasteiger partial charge in [0, 0.05) is 0 Å². The van der Waals surface area contributed by atoms with Crippen LogP contribution in [0.3, 0.4) is 0 Å². The number of aliphatic hydroxyl groups is 1. The van der Waals surface area contributed by atoms with E-state index in [4.69, 9.17) is 15.9 Å². The summed E-state index contributed by atoms with van der Waals surface area (Å²) in [6.07, 6.45) is 0.172. The van der Waals surface area contributed by atoms with Crippen molar-refractivity contribution in [3.8, 4) is 0 Å². The Bertz CT molecular complexity index is 674. The molecule has 0 rings (SSSR count). The minimum Gasteiger partial charge on any atom is -0.481 e. The number of carbonyl (C=O) groups is 5. The Balaban J connectivity index is 5.39. The molecule has 0 radical (unpaired) electrons. The van der Waals surface area contributed by atoms with Gasteiger partial charge in [-0.2, -0.15) is 11.8 Å². The number of carboxylic acids is 2. The lowest BCUT2D eigenvalue weighted by Crippen LogP contribution is -2.60. The highest BCUT2D eigenvalue weighted by Gasteiger charge is 2.33. The van der Waals surface area contributed by atoms with E-state index in [9.17, 15) is 29.1 Å². The molecule has 0 saturated heterocycles. The minimum absolute atomic E-state index is 0.0146. The van der Waals surface area contributed by atoms with E-state index in [0.29, 0.717) is 12.2 Å². The molecule has 0 bridgehead atoms. The van der Waals surface area contributed by atoms with Crippen LogP contribution in [0.1, 0.15) is 40.0 Å². The monoisotopic (exact) mass is 478 g/mol. The van der Waals surface area contributed by atoms with Crippen LogP contribution < -0.4 is 21.7 Å². The van der Waals surface area contributed by atoms with Crippen LogP contribution >= 0.6 is 11.8 Å². The SMILES string of the molecule is CSCCC(N)C(=O)NC(CC(C)C)C(=O)NC(C(=O)NC(CC(=O)O)C(=O)O)C(C)O. The van der Waals surface area contributed by atoms with Crippen molar-refractivity contribution in [3.05, 3.63) is 0 Å². The zero-order valence-corrected chi connectivity index (χ0v) is 19.5. The van der Waals surface area contributed by atoms with Gasteiger partial charge in [-0.15, -0.1) is 0 Å². The molecule has 0 aromatic rings. The summed E-state index contributed by atoms with van der Waals surface area (Å²) < 4.78 is 0. The lowest BCUT2D eigenvalue weighted by Gasteiger charge is -2.27. The maximum absolute atomic E-state index is 12.8. The Kier molecular flexibility index (Phi) is 13.5. The minimum atomic E-state index is -1.75. The first-order valence-electron chi connectivity index (χ1n) is 10.1. The topological polar surface area (TPSA) is 208 Å². The third-order valence-corrected chi connectivity index (χ3v) is 5.01. The molecule has 0 aliphatic carbocycles. The fourth-order valence-corrected chi connectivity index (χ4v) is 3.14. The predicted octanol–water partition coefficient (Wildman–Crippen LogP) is -1.49. The summed E-state index contributed by atoms with van der Waals surface area (Å²) in [5.74, 6) is -4.78. The van der Waals surface area contributed by atoms with E-state index in [2.05, 4.69) is 10.6 Å². The van der Waals surface area contributed by atoms with Crippen LogP contribution in [-0.4, -0.2) is 87.3 Å². The molecule has 0 saturated carbocycles. The molecule has 0 aliphatic rings. The Morgan fingerprint density at radius 1 is 0.906 bits per heavy atom. The summed E-state index contributed by atoms with van der Waals surface area (Å²) in [6.45, 7) is 4.84. The molecule has 0 aromatic heterocycles. The van der Waals surface area contributed by atoms with E-state index >= 15 is 0 Å². The van der Waals surface area contributed by atoms with E-state index < -0.39 is 66.4 Å². The molecule has 5 atom stereocenters. The van der Waals surface area contributed by atoms with E-state index in [0.717, 1.165) is 0 Å². The van der Waals surface area contributed by atoms with Gasteiger partial charge in [-0.3, -0.25) is 19.2 Å². The van der Waals surface area contributed by atoms with E-state index in [1.165, 1.54) is 18.7 Å². The number of aliphatic carboxylic acids is 2. The van der Waals surface area contributed by atoms with Crippen molar-refractivity contribution < 1.29 is 39.3 Å². The number of thioether (sulfide) groups is 1. The summed E-state index contributed by atoms with van der Waals surface area (Å²) in [7, 11) is 0. The number of amides is 3. The number of aliphatic hydroxyl groups excluding tert-OH is 1. The summed E-state index contributed by atoms with van der Waals surface area (Å²) in [4.78, 5) is 59.6. The average Bonchev–Trinajstić information content (AvgIpc) is 2.67. The van der Waals surface area contributed by atoms with Gasteiger partial charge in [0.2, 0.25) is 17.7 Å². The quantitative estimate of drug-likeness (QED) is 0.145. The fraction of sp³-hybridized carbons (Fsp3) is 0.737. The summed E-state index contributed by atoms with van der Waals surface area (Å²) in [5.41, 5.74) is 5.84. The molecule has 5 unspecified atom stereocenters. The molecule has 0 aliphatic heterocycles. The van der Waals surface area contributed by atoms with Crippen molar-refractivity contribution in [1.29, 1.82) is 0 Å². The predicted molar refractivity (Wildman–Crippen MR) is 118 cm³/mol. The fourth-order valence-electron chi connectivity index (χ4n) is 2.65. The van der Waals surface area contributed by atoms with Gasteiger partial charge in [0.05, 0.1) is 18.6 Å². The van der Waals surface area contributed by atoms with Gasteiger partial charge in [0.15, 0.2) is 0 Å². The van der Waals surface area contributed by atoms with Crippen LogP contribution in [-0.2, 0) is 24.0 Å². The van der Waals surface area contributed by atoms with Gasteiger partial charge >= 0.3 is 11.9 Å². The number of carboxylic acid groups (broad SMARTS) is 2. The number of hydrogen-bond acceptors (Lipinski definition) is 8. The highest BCUT2D eigenvalue weighted by atomic mass is 32.2. The molecule has 184 valence electrons. The van der Waals surface area contributed by atoms with Crippen molar-refractivity contribution >= 4 is 41.4 Å². The van der Waals surface area contributed by atoms with E-state index in [1.807, 2.05) is 25.4 Å². The second-order valence-corrected chi connectivity index (χ2v) is 8.79. The first-order valence-corrected chi connectivity index (χ1v) is 11.5. The van der Waals surface area contributed by atoms with Crippen molar-refractivity contribution in [1.82, 2.24) is 16.0 Å². The molecular formula is C19H34N4O8S. The largest absolute Gasteiger partial charge is 0.481 e. The molecule has 12 nitrogen and oxygen atoms in total. The molecule has 0 fully saturated rings. The zero-order chi connectivity index (χ0) is 25.0.